The summed E-state index contributed by atoms with van der Waals surface area (Å²) in [6.07, 6.45) is 9.27. The SMILES string of the molecule is COC(=O)c1nc(Cl)ccc1NC(C)c1cc(F)cc2c(=O)n3c(nc12)C(C1C2=CC=C1C=C2)CC3. The number of anilines is 1. The Bertz CT molecular complexity index is 1580. The maximum Gasteiger partial charge on any atom is 0.358 e. The van der Waals surface area contributed by atoms with E-state index in [1.165, 1.54) is 30.4 Å². The van der Waals surface area contributed by atoms with E-state index in [1.807, 2.05) is 6.92 Å². The molecule has 2 bridgehead atoms. The lowest BCUT2D eigenvalue weighted by molar-refractivity contribution is 0.0595. The molecule has 182 valence electrons. The van der Waals surface area contributed by atoms with Crippen molar-refractivity contribution in [1.29, 1.82) is 0 Å². The number of benzene rings is 1. The second-order valence-corrected chi connectivity index (χ2v) is 9.63. The van der Waals surface area contributed by atoms with Gasteiger partial charge in [0.2, 0.25) is 0 Å². The molecule has 0 fully saturated rings. The summed E-state index contributed by atoms with van der Waals surface area (Å²) in [6.45, 7) is 2.36. The summed E-state index contributed by atoms with van der Waals surface area (Å²) < 4.78 is 21.3. The number of nitrogens with zero attached hydrogens (tertiary/aromatic N) is 3. The fourth-order valence-corrected chi connectivity index (χ4v) is 5.71. The average Bonchev–Trinajstić information content (AvgIpc) is 3.58. The molecular formula is C27H22ClFN4O3. The zero-order chi connectivity index (χ0) is 25.1. The number of fused-ring (bicyclic) bond motifs is 4. The van der Waals surface area contributed by atoms with E-state index >= 15 is 0 Å². The van der Waals surface area contributed by atoms with Crippen LogP contribution in [0, 0.1) is 11.7 Å². The number of halogens is 2. The third kappa shape index (κ3) is 3.47. The van der Waals surface area contributed by atoms with Crippen LogP contribution in [0.2, 0.25) is 5.15 Å². The molecule has 3 heterocycles. The first-order valence-corrected chi connectivity index (χ1v) is 12.1. The predicted octanol–water partition coefficient (Wildman–Crippen LogP) is 5.08. The summed E-state index contributed by atoms with van der Waals surface area (Å²) in [6, 6.07) is 5.26. The van der Waals surface area contributed by atoms with Crippen LogP contribution >= 0.6 is 11.6 Å². The monoisotopic (exact) mass is 504 g/mol. The van der Waals surface area contributed by atoms with Crippen molar-refractivity contribution in [3.05, 3.63) is 98.1 Å². The number of aromatic nitrogens is 3. The fourth-order valence-electron chi connectivity index (χ4n) is 5.56. The fraction of sp³-hybridized carbons (Fsp3) is 0.259. The van der Waals surface area contributed by atoms with Gasteiger partial charge in [0.05, 0.1) is 29.7 Å². The highest BCUT2D eigenvalue weighted by Crippen LogP contribution is 2.47. The van der Waals surface area contributed by atoms with Gasteiger partial charge in [-0.1, -0.05) is 35.9 Å². The van der Waals surface area contributed by atoms with E-state index in [4.69, 9.17) is 21.3 Å². The van der Waals surface area contributed by atoms with Gasteiger partial charge in [-0.15, -0.1) is 0 Å². The molecule has 0 spiro atoms. The molecule has 3 aliphatic rings. The summed E-state index contributed by atoms with van der Waals surface area (Å²) in [5.74, 6) is -0.189. The van der Waals surface area contributed by atoms with Gasteiger partial charge >= 0.3 is 5.97 Å². The normalized spacial score (nSPS) is 18.8. The summed E-state index contributed by atoms with van der Waals surface area (Å²) >= 11 is 5.98. The molecule has 0 radical (unpaired) electrons. The quantitative estimate of drug-likeness (QED) is 0.385. The van der Waals surface area contributed by atoms with Crippen LogP contribution < -0.4 is 10.9 Å². The van der Waals surface area contributed by atoms with E-state index in [-0.39, 0.29) is 33.6 Å². The van der Waals surface area contributed by atoms with E-state index in [0.29, 0.717) is 23.3 Å². The Morgan fingerprint density at radius 3 is 2.67 bits per heavy atom. The van der Waals surface area contributed by atoms with Gasteiger partial charge in [-0.25, -0.2) is 19.2 Å². The number of ether oxygens (including phenoxy) is 1. The Morgan fingerprint density at radius 2 is 1.97 bits per heavy atom. The van der Waals surface area contributed by atoms with Crippen LogP contribution in [-0.2, 0) is 11.3 Å². The van der Waals surface area contributed by atoms with Gasteiger partial charge in [0, 0.05) is 23.9 Å². The van der Waals surface area contributed by atoms with Crippen molar-refractivity contribution >= 4 is 34.2 Å². The lowest BCUT2D eigenvalue weighted by Crippen LogP contribution is -2.24. The van der Waals surface area contributed by atoms with Crippen LogP contribution in [0.5, 0.6) is 0 Å². The second-order valence-electron chi connectivity index (χ2n) is 9.25. The van der Waals surface area contributed by atoms with E-state index in [0.717, 1.165) is 12.2 Å². The molecule has 2 atom stereocenters. The highest BCUT2D eigenvalue weighted by Gasteiger charge is 2.39. The molecule has 2 aromatic heterocycles. The van der Waals surface area contributed by atoms with Crippen LogP contribution in [0.3, 0.4) is 0 Å². The summed E-state index contributed by atoms with van der Waals surface area (Å²) in [5.41, 5.74) is 3.57. The van der Waals surface area contributed by atoms with Gasteiger partial charge in [0.25, 0.3) is 5.56 Å². The maximum atomic E-state index is 14.7. The molecule has 2 unspecified atom stereocenters. The lowest BCUT2D eigenvalue weighted by Gasteiger charge is -2.21. The zero-order valence-electron chi connectivity index (χ0n) is 19.6. The minimum atomic E-state index is -0.656. The van der Waals surface area contributed by atoms with Crippen LogP contribution in [0.1, 0.15) is 47.2 Å². The third-order valence-electron chi connectivity index (χ3n) is 7.21. The average molecular weight is 505 g/mol. The van der Waals surface area contributed by atoms with Gasteiger partial charge in [0.1, 0.15) is 16.8 Å². The van der Waals surface area contributed by atoms with Crippen LogP contribution in [-0.4, -0.2) is 27.6 Å². The number of hydrogen-bond donors (Lipinski definition) is 1. The molecule has 1 aliphatic heterocycles. The van der Waals surface area contributed by atoms with Gasteiger partial charge in [0.15, 0.2) is 5.69 Å². The Labute approximate surface area is 211 Å². The first-order valence-electron chi connectivity index (χ1n) is 11.7. The Morgan fingerprint density at radius 1 is 1.22 bits per heavy atom. The van der Waals surface area contributed by atoms with Crippen molar-refractivity contribution in [3.63, 3.8) is 0 Å². The number of hydrogen-bond acceptors (Lipinski definition) is 6. The van der Waals surface area contributed by atoms with Crippen LogP contribution in [0.15, 0.2) is 64.5 Å². The highest BCUT2D eigenvalue weighted by atomic mass is 35.5. The van der Waals surface area contributed by atoms with Gasteiger partial charge in [-0.05, 0) is 48.8 Å². The van der Waals surface area contributed by atoms with E-state index in [1.54, 1.807) is 16.7 Å². The van der Waals surface area contributed by atoms with E-state index < -0.39 is 17.8 Å². The number of nitrogens with one attached hydrogen (secondary N) is 1. The number of methoxy groups -OCH3 is 1. The second kappa shape index (κ2) is 8.41. The first kappa shape index (κ1) is 22.7. The van der Waals surface area contributed by atoms with Gasteiger partial charge in [-0.3, -0.25) is 9.36 Å². The lowest BCUT2D eigenvalue weighted by atomic mass is 9.85. The Kier molecular flexibility index (Phi) is 5.30. The highest BCUT2D eigenvalue weighted by molar-refractivity contribution is 6.29. The zero-order valence-corrected chi connectivity index (χ0v) is 20.3. The Balaban J connectivity index is 1.44. The molecule has 6 rings (SSSR count). The number of allylic oxidation sites excluding steroid dienone is 6. The molecule has 0 amide bonds. The van der Waals surface area contributed by atoms with Crippen molar-refractivity contribution in [3.8, 4) is 0 Å². The number of carbonyl (C=O) groups excluding carboxylic acids is 1. The van der Waals surface area contributed by atoms with Crippen molar-refractivity contribution in [2.24, 2.45) is 5.92 Å². The molecule has 36 heavy (non-hydrogen) atoms. The number of rotatable bonds is 5. The van der Waals surface area contributed by atoms with E-state index in [9.17, 15) is 14.0 Å². The minimum Gasteiger partial charge on any atom is -0.464 e. The summed E-state index contributed by atoms with van der Waals surface area (Å²) in [7, 11) is 1.25. The number of carbonyl (C=O) groups is 1. The first-order chi connectivity index (χ1) is 17.4. The maximum absolute atomic E-state index is 14.7. The molecule has 9 heteroatoms. The molecule has 0 saturated heterocycles. The van der Waals surface area contributed by atoms with Crippen molar-refractivity contribution in [2.45, 2.75) is 31.8 Å². The Hall–Kier alpha value is -3.78. The van der Waals surface area contributed by atoms with Crippen molar-refractivity contribution in [2.75, 3.05) is 12.4 Å². The molecule has 2 aliphatic carbocycles. The van der Waals surface area contributed by atoms with Crippen molar-refractivity contribution in [1.82, 2.24) is 14.5 Å². The topological polar surface area (TPSA) is 86.1 Å². The molecule has 1 N–H and O–H groups in total. The minimum absolute atomic E-state index is 0.0114. The number of esters is 1. The number of pyridine rings is 1. The van der Waals surface area contributed by atoms with Gasteiger partial charge in [-0.2, -0.15) is 0 Å². The largest absolute Gasteiger partial charge is 0.464 e. The third-order valence-corrected chi connectivity index (χ3v) is 7.42. The van der Waals surface area contributed by atoms with Crippen LogP contribution in [0.4, 0.5) is 10.1 Å². The molecule has 0 saturated carbocycles. The molecule has 7 nitrogen and oxygen atoms in total. The summed E-state index contributed by atoms with van der Waals surface area (Å²) in [4.78, 5) is 34.8. The molecular weight excluding hydrogens is 483 g/mol. The summed E-state index contributed by atoms with van der Waals surface area (Å²) in [5, 5.41) is 3.57. The molecule has 3 aromatic rings. The standard InChI is InChI=1S/C27H22ClFN4O3/c1-13(30-20-7-8-21(28)31-24(20)27(35)36-2)18-11-16(29)12-19-23(18)32-25-17(9-10-33(25)26(19)34)22-14-3-4-15(22)6-5-14/h3-8,11-13,17,22,30H,9-10H2,1-2H3. The van der Waals surface area contributed by atoms with E-state index in [2.05, 4.69) is 34.6 Å². The molecule has 1 aromatic carbocycles. The van der Waals surface area contributed by atoms with Gasteiger partial charge < -0.3 is 10.1 Å². The smallest absolute Gasteiger partial charge is 0.358 e. The predicted molar refractivity (Wildman–Crippen MR) is 135 cm³/mol. The van der Waals surface area contributed by atoms with Crippen molar-refractivity contribution < 1.29 is 13.9 Å². The van der Waals surface area contributed by atoms with Crippen LogP contribution in [0.25, 0.3) is 10.9 Å².